The van der Waals surface area contributed by atoms with Crippen molar-refractivity contribution in [2.75, 3.05) is 0 Å². The van der Waals surface area contributed by atoms with Gasteiger partial charge < -0.3 is 11.5 Å². The van der Waals surface area contributed by atoms with E-state index in [1.165, 1.54) is 5.57 Å². The molecule has 4 N–H and O–H groups in total. The van der Waals surface area contributed by atoms with E-state index >= 15 is 0 Å². The minimum Gasteiger partial charge on any atom is -0.402 e. The molecule has 3 nitrogen and oxygen atoms in total. The second-order valence-corrected chi connectivity index (χ2v) is 3.83. The van der Waals surface area contributed by atoms with E-state index in [4.69, 9.17) is 11.5 Å². The molecule has 1 atom stereocenters. The fourth-order valence-electron chi connectivity index (χ4n) is 1.70. The molecule has 0 spiro atoms. The van der Waals surface area contributed by atoms with E-state index in [2.05, 4.69) is 19.1 Å². The number of allylic oxidation sites excluding steroid dienone is 4. The molecule has 0 aromatic carbocycles. The summed E-state index contributed by atoms with van der Waals surface area (Å²) in [5.41, 5.74) is 13.1. The van der Waals surface area contributed by atoms with Crippen LogP contribution in [0.2, 0.25) is 0 Å². The van der Waals surface area contributed by atoms with Gasteiger partial charge in [0, 0.05) is 12.1 Å². The van der Waals surface area contributed by atoms with Crippen molar-refractivity contribution in [3.05, 3.63) is 23.4 Å². The molecule has 1 rings (SSSR count). The maximum atomic E-state index is 10.6. The Morgan fingerprint density at radius 3 is 2.93 bits per heavy atom. The first-order valence-corrected chi connectivity index (χ1v) is 5.04. The monoisotopic (exact) mass is 194 g/mol. The summed E-state index contributed by atoms with van der Waals surface area (Å²) in [7, 11) is 0. The van der Waals surface area contributed by atoms with Gasteiger partial charge in [0.1, 0.15) is 0 Å². The Morgan fingerprint density at radius 2 is 2.36 bits per heavy atom. The fourth-order valence-corrected chi connectivity index (χ4v) is 1.70. The SMILES string of the molecule is CC(CCC(N)=O)C1=C(N)CCC=C1. The Hall–Kier alpha value is -1.25. The summed E-state index contributed by atoms with van der Waals surface area (Å²) in [6.07, 6.45) is 7.39. The quantitative estimate of drug-likeness (QED) is 0.711. The van der Waals surface area contributed by atoms with Crippen LogP contribution in [0.1, 0.15) is 32.6 Å². The minimum absolute atomic E-state index is 0.240. The summed E-state index contributed by atoms with van der Waals surface area (Å²) in [6.45, 7) is 2.08. The number of carbonyl (C=O) groups excluding carboxylic acids is 1. The predicted molar refractivity (Wildman–Crippen MR) is 57.2 cm³/mol. The molecular weight excluding hydrogens is 176 g/mol. The molecule has 0 saturated heterocycles. The van der Waals surface area contributed by atoms with Gasteiger partial charge in [0.05, 0.1) is 0 Å². The molecule has 1 aliphatic carbocycles. The molecule has 1 unspecified atom stereocenters. The average molecular weight is 194 g/mol. The lowest BCUT2D eigenvalue weighted by atomic mass is 9.90. The molecular formula is C11H18N2O. The lowest BCUT2D eigenvalue weighted by molar-refractivity contribution is -0.118. The Kier molecular flexibility index (Phi) is 3.74. The topological polar surface area (TPSA) is 69.1 Å². The third-order valence-electron chi connectivity index (χ3n) is 2.60. The largest absolute Gasteiger partial charge is 0.402 e. The molecule has 0 saturated carbocycles. The Morgan fingerprint density at radius 1 is 1.64 bits per heavy atom. The highest BCUT2D eigenvalue weighted by Gasteiger charge is 2.13. The summed E-state index contributed by atoms with van der Waals surface area (Å²) in [6, 6.07) is 0. The highest BCUT2D eigenvalue weighted by molar-refractivity contribution is 5.73. The smallest absolute Gasteiger partial charge is 0.217 e. The van der Waals surface area contributed by atoms with Crippen LogP contribution < -0.4 is 11.5 Å². The van der Waals surface area contributed by atoms with E-state index in [1.54, 1.807) is 0 Å². The first-order valence-electron chi connectivity index (χ1n) is 5.04. The molecule has 14 heavy (non-hydrogen) atoms. The van der Waals surface area contributed by atoms with Gasteiger partial charge in [0.2, 0.25) is 5.91 Å². The van der Waals surface area contributed by atoms with Gasteiger partial charge in [-0.3, -0.25) is 4.79 Å². The van der Waals surface area contributed by atoms with Crippen molar-refractivity contribution in [2.45, 2.75) is 32.6 Å². The molecule has 0 aromatic heterocycles. The van der Waals surface area contributed by atoms with Gasteiger partial charge in [-0.2, -0.15) is 0 Å². The molecule has 0 aromatic rings. The third-order valence-corrected chi connectivity index (χ3v) is 2.60. The number of amides is 1. The maximum absolute atomic E-state index is 10.6. The van der Waals surface area contributed by atoms with E-state index in [9.17, 15) is 4.79 Å². The van der Waals surface area contributed by atoms with Crippen molar-refractivity contribution >= 4 is 5.91 Å². The number of hydrogen-bond acceptors (Lipinski definition) is 2. The summed E-state index contributed by atoms with van der Waals surface area (Å²) >= 11 is 0. The Balaban J connectivity index is 2.55. The highest BCUT2D eigenvalue weighted by atomic mass is 16.1. The molecule has 1 amide bonds. The first kappa shape index (κ1) is 10.8. The van der Waals surface area contributed by atoms with Crippen molar-refractivity contribution in [2.24, 2.45) is 17.4 Å². The van der Waals surface area contributed by atoms with Crippen LogP contribution in [-0.2, 0) is 4.79 Å². The second kappa shape index (κ2) is 4.84. The lowest BCUT2D eigenvalue weighted by Crippen LogP contribution is -2.15. The van der Waals surface area contributed by atoms with Crippen molar-refractivity contribution in [1.29, 1.82) is 0 Å². The van der Waals surface area contributed by atoms with Gasteiger partial charge in [-0.15, -0.1) is 0 Å². The zero-order valence-electron chi connectivity index (χ0n) is 8.62. The van der Waals surface area contributed by atoms with E-state index in [-0.39, 0.29) is 5.91 Å². The van der Waals surface area contributed by atoms with E-state index in [0.29, 0.717) is 12.3 Å². The number of rotatable bonds is 4. The molecule has 0 aliphatic heterocycles. The van der Waals surface area contributed by atoms with E-state index in [0.717, 1.165) is 25.0 Å². The van der Waals surface area contributed by atoms with Gasteiger partial charge in [-0.25, -0.2) is 0 Å². The zero-order chi connectivity index (χ0) is 10.6. The maximum Gasteiger partial charge on any atom is 0.217 e. The van der Waals surface area contributed by atoms with Crippen molar-refractivity contribution in [1.82, 2.24) is 0 Å². The van der Waals surface area contributed by atoms with E-state index < -0.39 is 0 Å². The molecule has 3 heteroatoms. The number of hydrogen-bond donors (Lipinski definition) is 2. The average Bonchev–Trinajstić information content (AvgIpc) is 2.15. The van der Waals surface area contributed by atoms with Gasteiger partial charge in [-0.1, -0.05) is 19.1 Å². The van der Waals surface area contributed by atoms with Crippen LogP contribution in [0, 0.1) is 5.92 Å². The molecule has 1 aliphatic rings. The normalized spacial score (nSPS) is 18.4. The van der Waals surface area contributed by atoms with Gasteiger partial charge in [-0.05, 0) is 30.8 Å². The first-order chi connectivity index (χ1) is 6.61. The van der Waals surface area contributed by atoms with Crippen LogP contribution in [0.5, 0.6) is 0 Å². The zero-order valence-corrected chi connectivity index (χ0v) is 8.62. The predicted octanol–water partition coefficient (Wildman–Crippen LogP) is 1.45. The van der Waals surface area contributed by atoms with Crippen LogP contribution in [0.25, 0.3) is 0 Å². The third kappa shape index (κ3) is 2.91. The van der Waals surface area contributed by atoms with Crippen LogP contribution in [-0.4, -0.2) is 5.91 Å². The molecule has 78 valence electrons. The molecule has 0 fully saturated rings. The van der Waals surface area contributed by atoms with Crippen LogP contribution in [0.15, 0.2) is 23.4 Å². The summed E-state index contributed by atoms with van der Waals surface area (Å²) < 4.78 is 0. The summed E-state index contributed by atoms with van der Waals surface area (Å²) in [5, 5.41) is 0. The summed E-state index contributed by atoms with van der Waals surface area (Å²) in [4.78, 5) is 10.6. The lowest BCUT2D eigenvalue weighted by Gasteiger charge is -2.18. The highest BCUT2D eigenvalue weighted by Crippen LogP contribution is 2.24. The summed E-state index contributed by atoms with van der Waals surface area (Å²) in [5.74, 6) is 0.0925. The number of carbonyl (C=O) groups is 1. The standard InChI is InChI=1S/C11H18N2O/c1-8(6-7-11(13)14)9-4-2-3-5-10(9)12/h2,4,8H,3,5-7,12H2,1H3,(H2,13,14). The molecule has 0 radical (unpaired) electrons. The number of primary amides is 1. The van der Waals surface area contributed by atoms with Crippen molar-refractivity contribution in [3.8, 4) is 0 Å². The van der Waals surface area contributed by atoms with Gasteiger partial charge >= 0.3 is 0 Å². The van der Waals surface area contributed by atoms with Crippen LogP contribution in [0.3, 0.4) is 0 Å². The van der Waals surface area contributed by atoms with Crippen molar-refractivity contribution < 1.29 is 4.79 Å². The van der Waals surface area contributed by atoms with Crippen molar-refractivity contribution in [3.63, 3.8) is 0 Å². The second-order valence-electron chi connectivity index (χ2n) is 3.83. The fraction of sp³-hybridized carbons (Fsp3) is 0.545. The minimum atomic E-state index is -0.240. The molecule has 0 bridgehead atoms. The van der Waals surface area contributed by atoms with Gasteiger partial charge in [0.15, 0.2) is 0 Å². The Labute approximate surface area is 84.8 Å². The number of nitrogens with two attached hydrogens (primary N) is 2. The van der Waals surface area contributed by atoms with Crippen LogP contribution in [0.4, 0.5) is 0 Å². The van der Waals surface area contributed by atoms with Crippen LogP contribution >= 0.6 is 0 Å². The van der Waals surface area contributed by atoms with Gasteiger partial charge in [0.25, 0.3) is 0 Å². The Bertz CT molecular complexity index is 279. The van der Waals surface area contributed by atoms with E-state index in [1.807, 2.05) is 0 Å². The molecule has 0 heterocycles.